The molecule has 1 aliphatic heterocycles. The number of nitrogens with zero attached hydrogens (tertiary/aromatic N) is 3. The lowest BCUT2D eigenvalue weighted by Gasteiger charge is -2.31. The number of ether oxygens (including phenoxy) is 1. The maximum absolute atomic E-state index is 12.6. The van der Waals surface area contributed by atoms with Crippen LogP contribution in [0.4, 0.5) is 11.4 Å². The standard InChI is InChI=1S/C23H25ClN4O3S/c1-2-30-17-11-9-16(10-12-17)22-26-27-23(31-22)32-15-20(29)25-19-8-6-7-18(24)21(19)28-13-4-3-5-14-28/h6-12H,2-5,13-15H2,1H3,(H,25,29). The Morgan fingerprint density at radius 2 is 1.94 bits per heavy atom. The normalized spacial score (nSPS) is 13.8. The topological polar surface area (TPSA) is 80.5 Å². The number of benzene rings is 2. The van der Waals surface area contributed by atoms with Crippen molar-refractivity contribution in [2.24, 2.45) is 0 Å². The average molecular weight is 473 g/mol. The van der Waals surface area contributed by atoms with Crippen molar-refractivity contribution in [3.8, 4) is 17.2 Å². The van der Waals surface area contributed by atoms with E-state index in [0.29, 0.717) is 22.7 Å². The summed E-state index contributed by atoms with van der Waals surface area (Å²) in [4.78, 5) is 14.9. The van der Waals surface area contributed by atoms with Crippen molar-refractivity contribution in [2.75, 3.05) is 35.7 Å². The molecular weight excluding hydrogens is 448 g/mol. The molecule has 2 heterocycles. The number of aromatic nitrogens is 2. The SMILES string of the molecule is CCOc1ccc(-c2nnc(SCC(=O)Nc3cccc(Cl)c3N3CCCCC3)o2)cc1. The molecule has 1 aromatic heterocycles. The fourth-order valence-electron chi connectivity index (χ4n) is 3.61. The van der Waals surface area contributed by atoms with Crippen molar-refractivity contribution in [3.63, 3.8) is 0 Å². The molecule has 0 spiro atoms. The first-order chi connectivity index (χ1) is 15.6. The highest BCUT2D eigenvalue weighted by Crippen LogP contribution is 2.36. The van der Waals surface area contributed by atoms with E-state index in [1.54, 1.807) is 0 Å². The molecule has 1 aliphatic rings. The van der Waals surface area contributed by atoms with Crippen LogP contribution >= 0.6 is 23.4 Å². The molecule has 1 amide bonds. The van der Waals surface area contributed by atoms with Gasteiger partial charge < -0.3 is 19.4 Å². The number of rotatable bonds is 8. The number of anilines is 2. The predicted octanol–water partition coefficient (Wildman–Crippen LogP) is 5.51. The van der Waals surface area contributed by atoms with E-state index < -0.39 is 0 Å². The predicted molar refractivity (Wildman–Crippen MR) is 128 cm³/mol. The average Bonchev–Trinajstić information content (AvgIpc) is 3.28. The van der Waals surface area contributed by atoms with Crippen LogP contribution in [-0.4, -0.2) is 41.6 Å². The largest absolute Gasteiger partial charge is 0.494 e. The molecule has 0 radical (unpaired) electrons. The molecular formula is C23H25ClN4O3S. The summed E-state index contributed by atoms with van der Waals surface area (Å²) in [6.45, 7) is 4.43. The third-order valence-corrected chi connectivity index (χ3v) is 6.20. The highest BCUT2D eigenvalue weighted by Gasteiger charge is 2.19. The van der Waals surface area contributed by atoms with E-state index in [-0.39, 0.29) is 11.7 Å². The first-order valence-corrected chi connectivity index (χ1v) is 12.0. The Bertz CT molecular complexity index is 1050. The van der Waals surface area contributed by atoms with Gasteiger partial charge in [0.2, 0.25) is 11.8 Å². The zero-order chi connectivity index (χ0) is 22.3. The second-order valence-corrected chi connectivity index (χ2v) is 8.68. The van der Waals surface area contributed by atoms with Gasteiger partial charge in [-0.2, -0.15) is 0 Å². The van der Waals surface area contributed by atoms with Gasteiger partial charge in [0.25, 0.3) is 5.22 Å². The number of nitrogens with one attached hydrogen (secondary N) is 1. The number of piperidine rings is 1. The second-order valence-electron chi connectivity index (χ2n) is 7.35. The molecule has 0 atom stereocenters. The van der Waals surface area contributed by atoms with Crippen molar-refractivity contribution in [3.05, 3.63) is 47.5 Å². The van der Waals surface area contributed by atoms with E-state index in [1.165, 1.54) is 18.2 Å². The number of hydrogen-bond donors (Lipinski definition) is 1. The van der Waals surface area contributed by atoms with Crippen molar-refractivity contribution in [1.82, 2.24) is 10.2 Å². The van der Waals surface area contributed by atoms with Crippen LogP contribution in [-0.2, 0) is 4.79 Å². The van der Waals surface area contributed by atoms with Gasteiger partial charge in [-0.15, -0.1) is 10.2 Å². The fraction of sp³-hybridized carbons (Fsp3) is 0.348. The van der Waals surface area contributed by atoms with Crippen LogP contribution in [0.3, 0.4) is 0 Å². The molecule has 3 aromatic rings. The summed E-state index contributed by atoms with van der Waals surface area (Å²) in [6.07, 6.45) is 3.48. The number of carbonyl (C=O) groups is 1. The molecule has 0 bridgehead atoms. The lowest BCUT2D eigenvalue weighted by Crippen LogP contribution is -2.30. The molecule has 1 N–H and O–H groups in total. The van der Waals surface area contributed by atoms with Gasteiger partial charge in [-0.3, -0.25) is 4.79 Å². The fourth-order valence-corrected chi connectivity index (χ4v) is 4.47. The number of para-hydroxylation sites is 1. The monoisotopic (exact) mass is 472 g/mol. The Kier molecular flexibility index (Phi) is 7.55. The van der Waals surface area contributed by atoms with E-state index in [9.17, 15) is 4.79 Å². The Morgan fingerprint density at radius 1 is 1.16 bits per heavy atom. The zero-order valence-electron chi connectivity index (χ0n) is 17.8. The summed E-state index contributed by atoms with van der Waals surface area (Å²) in [7, 11) is 0. The Labute approximate surface area is 196 Å². The smallest absolute Gasteiger partial charge is 0.277 e. The van der Waals surface area contributed by atoms with Gasteiger partial charge >= 0.3 is 0 Å². The molecule has 32 heavy (non-hydrogen) atoms. The Morgan fingerprint density at radius 3 is 2.69 bits per heavy atom. The Balaban J connectivity index is 1.36. The molecule has 1 fully saturated rings. The highest BCUT2D eigenvalue weighted by molar-refractivity contribution is 7.99. The maximum atomic E-state index is 12.6. The molecule has 7 nitrogen and oxygen atoms in total. The summed E-state index contributed by atoms with van der Waals surface area (Å²) in [5, 5.41) is 12.1. The molecule has 9 heteroatoms. The second kappa shape index (κ2) is 10.7. The molecule has 4 rings (SSSR count). The Hall–Kier alpha value is -2.71. The summed E-state index contributed by atoms with van der Waals surface area (Å²) < 4.78 is 11.1. The van der Waals surface area contributed by atoms with E-state index in [0.717, 1.165) is 48.6 Å². The third kappa shape index (κ3) is 5.55. The first-order valence-electron chi connectivity index (χ1n) is 10.7. The van der Waals surface area contributed by atoms with Crippen LogP contribution in [0.5, 0.6) is 5.75 Å². The number of hydrogen-bond acceptors (Lipinski definition) is 7. The summed E-state index contributed by atoms with van der Waals surface area (Å²) in [5.74, 6) is 1.18. The summed E-state index contributed by atoms with van der Waals surface area (Å²) >= 11 is 7.66. The number of halogens is 1. The van der Waals surface area contributed by atoms with Gasteiger partial charge in [0.05, 0.1) is 28.8 Å². The quantitative estimate of drug-likeness (QED) is 0.433. The van der Waals surface area contributed by atoms with Crippen molar-refractivity contribution < 1.29 is 13.9 Å². The first kappa shape index (κ1) is 22.5. The lowest BCUT2D eigenvalue weighted by atomic mass is 10.1. The minimum atomic E-state index is -0.156. The van der Waals surface area contributed by atoms with E-state index in [4.69, 9.17) is 20.8 Å². The minimum absolute atomic E-state index is 0.150. The van der Waals surface area contributed by atoms with Crippen LogP contribution in [0.2, 0.25) is 5.02 Å². The van der Waals surface area contributed by atoms with Crippen molar-refractivity contribution >= 4 is 40.6 Å². The molecule has 168 valence electrons. The van der Waals surface area contributed by atoms with Crippen LogP contribution in [0.25, 0.3) is 11.5 Å². The van der Waals surface area contributed by atoms with Crippen LogP contribution < -0.4 is 15.0 Å². The van der Waals surface area contributed by atoms with E-state index in [1.807, 2.05) is 49.4 Å². The van der Waals surface area contributed by atoms with Gasteiger partial charge in [-0.1, -0.05) is 29.4 Å². The summed E-state index contributed by atoms with van der Waals surface area (Å²) in [6, 6.07) is 13.0. The van der Waals surface area contributed by atoms with Gasteiger partial charge in [0, 0.05) is 18.7 Å². The zero-order valence-corrected chi connectivity index (χ0v) is 19.4. The molecule has 0 saturated carbocycles. The third-order valence-electron chi connectivity index (χ3n) is 5.08. The summed E-state index contributed by atoms with van der Waals surface area (Å²) in [5.41, 5.74) is 2.41. The maximum Gasteiger partial charge on any atom is 0.277 e. The van der Waals surface area contributed by atoms with E-state index in [2.05, 4.69) is 20.4 Å². The van der Waals surface area contributed by atoms with Crippen LogP contribution in [0, 0.1) is 0 Å². The number of amides is 1. The van der Waals surface area contributed by atoms with Gasteiger partial charge in [0.15, 0.2) is 0 Å². The highest BCUT2D eigenvalue weighted by atomic mass is 35.5. The van der Waals surface area contributed by atoms with Gasteiger partial charge in [-0.25, -0.2) is 0 Å². The lowest BCUT2D eigenvalue weighted by molar-refractivity contribution is -0.113. The van der Waals surface area contributed by atoms with Crippen molar-refractivity contribution in [2.45, 2.75) is 31.4 Å². The van der Waals surface area contributed by atoms with Gasteiger partial charge in [-0.05, 0) is 62.6 Å². The number of thioether (sulfide) groups is 1. The minimum Gasteiger partial charge on any atom is -0.494 e. The van der Waals surface area contributed by atoms with Gasteiger partial charge in [0.1, 0.15) is 5.75 Å². The number of carbonyl (C=O) groups excluding carboxylic acids is 1. The molecule has 0 unspecified atom stereocenters. The molecule has 1 saturated heterocycles. The molecule has 2 aromatic carbocycles. The van der Waals surface area contributed by atoms with E-state index >= 15 is 0 Å². The molecule has 0 aliphatic carbocycles. The van der Waals surface area contributed by atoms with Crippen LogP contribution in [0.1, 0.15) is 26.2 Å². The van der Waals surface area contributed by atoms with Crippen LogP contribution in [0.15, 0.2) is 52.1 Å². The van der Waals surface area contributed by atoms with Crippen molar-refractivity contribution in [1.29, 1.82) is 0 Å².